The predicted octanol–water partition coefficient (Wildman–Crippen LogP) is 1.78. The molecule has 0 spiro atoms. The number of hydrogen-bond donors (Lipinski definition) is 2. The van der Waals surface area contributed by atoms with Gasteiger partial charge in [-0.1, -0.05) is 30.3 Å². The summed E-state index contributed by atoms with van der Waals surface area (Å²) in [5.41, 5.74) is 1.99. The molecule has 0 aromatic heterocycles. The van der Waals surface area contributed by atoms with E-state index >= 15 is 0 Å². The number of nitrogens with zero attached hydrogens (tertiary/aromatic N) is 1. The molecule has 5 heteroatoms. The Balaban J connectivity index is 2.19. The van der Waals surface area contributed by atoms with E-state index in [-0.39, 0.29) is 13.5 Å². The molecule has 0 heterocycles. The van der Waals surface area contributed by atoms with Crippen molar-refractivity contribution in [3.05, 3.63) is 59.7 Å². The normalized spacial score (nSPS) is 10.2. The van der Waals surface area contributed by atoms with Crippen LogP contribution in [0.5, 0.6) is 5.75 Å². The van der Waals surface area contributed by atoms with Gasteiger partial charge < -0.3 is 19.8 Å². The monoisotopic (exact) mass is 287 g/mol. The van der Waals surface area contributed by atoms with E-state index in [9.17, 15) is 4.79 Å². The lowest BCUT2D eigenvalue weighted by molar-refractivity contribution is 0.111. The van der Waals surface area contributed by atoms with Crippen molar-refractivity contribution in [1.82, 2.24) is 0 Å². The maximum Gasteiger partial charge on any atom is 0.153 e. The molecule has 0 fully saturated rings. The lowest BCUT2D eigenvalue weighted by atomic mass is 10.2. The second-order valence-corrected chi connectivity index (χ2v) is 4.44. The summed E-state index contributed by atoms with van der Waals surface area (Å²) in [6, 6.07) is 14.5. The molecule has 2 rings (SSSR count). The average Bonchev–Trinajstić information content (AvgIpc) is 2.55. The van der Waals surface area contributed by atoms with E-state index < -0.39 is 0 Å². The summed E-state index contributed by atoms with van der Waals surface area (Å²) in [6.07, 6.45) is 0.715. The lowest BCUT2D eigenvalue weighted by Crippen LogP contribution is -2.25. The summed E-state index contributed by atoms with van der Waals surface area (Å²) in [5, 5.41) is 18.3. The first kappa shape index (κ1) is 15.0. The van der Waals surface area contributed by atoms with Crippen molar-refractivity contribution in [3.8, 4) is 5.75 Å². The van der Waals surface area contributed by atoms with Crippen molar-refractivity contribution < 1.29 is 19.7 Å². The number of anilines is 1. The number of rotatable bonds is 7. The van der Waals surface area contributed by atoms with E-state index in [4.69, 9.17) is 14.9 Å². The van der Waals surface area contributed by atoms with Crippen LogP contribution in [0.2, 0.25) is 0 Å². The molecule has 0 aliphatic rings. The fourth-order valence-electron chi connectivity index (χ4n) is 1.89. The van der Waals surface area contributed by atoms with Crippen LogP contribution in [-0.2, 0) is 6.61 Å². The van der Waals surface area contributed by atoms with Crippen LogP contribution < -0.4 is 9.64 Å². The van der Waals surface area contributed by atoms with Gasteiger partial charge in [-0.15, -0.1) is 0 Å². The third kappa shape index (κ3) is 3.81. The average molecular weight is 287 g/mol. The van der Waals surface area contributed by atoms with Gasteiger partial charge in [0, 0.05) is 11.8 Å². The van der Waals surface area contributed by atoms with Crippen molar-refractivity contribution in [2.75, 3.05) is 18.4 Å². The zero-order valence-electron chi connectivity index (χ0n) is 11.5. The van der Waals surface area contributed by atoms with Gasteiger partial charge in [0.15, 0.2) is 6.29 Å². The van der Waals surface area contributed by atoms with Crippen molar-refractivity contribution >= 4 is 12.0 Å². The third-order valence-corrected chi connectivity index (χ3v) is 3.07. The minimum Gasteiger partial charge on any atom is -0.488 e. The van der Waals surface area contributed by atoms with Crippen molar-refractivity contribution in [1.29, 1.82) is 0 Å². The molecule has 0 aliphatic heterocycles. The molecular weight excluding hydrogens is 270 g/mol. The highest BCUT2D eigenvalue weighted by Crippen LogP contribution is 2.25. The van der Waals surface area contributed by atoms with Gasteiger partial charge in [-0.3, -0.25) is 4.79 Å². The van der Waals surface area contributed by atoms with E-state index in [1.807, 2.05) is 30.3 Å². The number of hydrogen-bond acceptors (Lipinski definition) is 5. The molecule has 0 atom stereocenters. The highest BCUT2D eigenvalue weighted by molar-refractivity contribution is 5.80. The molecule has 0 radical (unpaired) electrons. The molecule has 110 valence electrons. The smallest absolute Gasteiger partial charge is 0.153 e. The van der Waals surface area contributed by atoms with E-state index in [1.165, 1.54) is 4.90 Å². The molecule has 2 N–H and O–H groups in total. The summed E-state index contributed by atoms with van der Waals surface area (Å²) in [5.74, 6) is 0.415. The summed E-state index contributed by atoms with van der Waals surface area (Å²) >= 11 is 0. The maximum atomic E-state index is 11.1. The van der Waals surface area contributed by atoms with Gasteiger partial charge in [0.2, 0.25) is 0 Å². The number of carbonyl (C=O) groups is 1. The Morgan fingerprint density at radius 3 is 2.38 bits per heavy atom. The zero-order valence-corrected chi connectivity index (χ0v) is 11.5. The highest BCUT2D eigenvalue weighted by Gasteiger charge is 2.09. The summed E-state index contributed by atoms with van der Waals surface area (Å²) in [4.78, 5) is 12.4. The second-order valence-electron chi connectivity index (χ2n) is 4.44. The molecule has 0 saturated heterocycles. The quantitative estimate of drug-likeness (QED) is 0.600. The number of benzene rings is 2. The van der Waals surface area contributed by atoms with Crippen molar-refractivity contribution in [2.45, 2.75) is 6.61 Å². The first-order chi connectivity index (χ1) is 10.3. The molecule has 0 aliphatic carbocycles. The van der Waals surface area contributed by atoms with Gasteiger partial charge in [0.05, 0.1) is 5.56 Å². The second kappa shape index (κ2) is 7.42. The lowest BCUT2D eigenvalue weighted by Gasteiger charge is -2.20. The molecule has 21 heavy (non-hydrogen) atoms. The fraction of sp³-hybridized carbons (Fsp3) is 0.188. The predicted molar refractivity (Wildman–Crippen MR) is 79.3 cm³/mol. The van der Waals surface area contributed by atoms with E-state index in [2.05, 4.69) is 0 Å². The Labute approximate surface area is 123 Å². The maximum absolute atomic E-state index is 11.1. The molecule has 0 unspecified atom stereocenters. The molecule has 2 aromatic carbocycles. The van der Waals surface area contributed by atoms with Crippen LogP contribution in [0.3, 0.4) is 0 Å². The number of aldehydes is 1. The Bertz CT molecular complexity index is 582. The number of aliphatic hydroxyl groups is 2. The number of carbonyl (C=O) groups excluding carboxylic acids is 1. The van der Waals surface area contributed by atoms with Gasteiger partial charge in [0.25, 0.3) is 0 Å². The largest absolute Gasteiger partial charge is 0.488 e. The highest BCUT2D eigenvalue weighted by atomic mass is 16.5. The topological polar surface area (TPSA) is 70.0 Å². The van der Waals surface area contributed by atoms with Gasteiger partial charge in [-0.2, -0.15) is 0 Å². The minimum absolute atomic E-state index is 0.324. The summed E-state index contributed by atoms with van der Waals surface area (Å²) < 4.78 is 5.67. The minimum atomic E-state index is -0.324. The summed E-state index contributed by atoms with van der Waals surface area (Å²) in [7, 11) is 0. The molecular formula is C16H17NO4. The van der Waals surface area contributed by atoms with Gasteiger partial charge in [0.1, 0.15) is 25.8 Å². The number of ether oxygens (including phenoxy) is 1. The van der Waals surface area contributed by atoms with Crippen LogP contribution in [0.1, 0.15) is 15.9 Å². The molecule has 5 nitrogen and oxygen atoms in total. The SMILES string of the molecule is O=Cc1ccc(N(CO)CO)cc1OCc1ccccc1. The fourth-order valence-corrected chi connectivity index (χ4v) is 1.89. The first-order valence-corrected chi connectivity index (χ1v) is 6.51. The van der Waals surface area contributed by atoms with Crippen LogP contribution >= 0.6 is 0 Å². The molecule has 2 aromatic rings. The Morgan fingerprint density at radius 1 is 1.05 bits per heavy atom. The molecule has 0 bridgehead atoms. The van der Waals surface area contributed by atoms with Crippen LogP contribution in [0.25, 0.3) is 0 Å². The molecule has 0 amide bonds. The van der Waals surface area contributed by atoms with E-state index in [0.29, 0.717) is 29.9 Å². The van der Waals surface area contributed by atoms with Gasteiger partial charge in [-0.25, -0.2) is 0 Å². The van der Waals surface area contributed by atoms with Gasteiger partial charge >= 0.3 is 0 Å². The Hall–Kier alpha value is -2.37. The van der Waals surface area contributed by atoms with Crippen molar-refractivity contribution in [2.24, 2.45) is 0 Å². The van der Waals surface area contributed by atoms with Crippen LogP contribution in [-0.4, -0.2) is 30.0 Å². The first-order valence-electron chi connectivity index (χ1n) is 6.51. The zero-order chi connectivity index (χ0) is 15.1. The van der Waals surface area contributed by atoms with E-state index in [0.717, 1.165) is 5.56 Å². The molecule has 0 saturated carbocycles. The third-order valence-electron chi connectivity index (χ3n) is 3.07. The Morgan fingerprint density at radius 2 is 1.76 bits per heavy atom. The Kier molecular flexibility index (Phi) is 5.31. The summed E-state index contributed by atoms with van der Waals surface area (Å²) in [6.45, 7) is -0.312. The number of aliphatic hydroxyl groups excluding tert-OH is 2. The van der Waals surface area contributed by atoms with Crippen LogP contribution in [0, 0.1) is 0 Å². The van der Waals surface area contributed by atoms with Crippen LogP contribution in [0.15, 0.2) is 48.5 Å². The van der Waals surface area contributed by atoms with Gasteiger partial charge in [-0.05, 0) is 17.7 Å². The van der Waals surface area contributed by atoms with Crippen LogP contribution in [0.4, 0.5) is 5.69 Å². The van der Waals surface area contributed by atoms with E-state index in [1.54, 1.807) is 18.2 Å². The standard InChI is InChI=1S/C16H17NO4/c18-9-14-6-7-15(17(11-19)12-20)8-16(14)21-10-13-4-2-1-3-5-13/h1-9,19-20H,10-12H2. The van der Waals surface area contributed by atoms with Crippen molar-refractivity contribution in [3.63, 3.8) is 0 Å².